The Bertz CT molecular complexity index is 663. The number of carbonyl (C=O) groups is 1. The van der Waals surface area contributed by atoms with Crippen molar-refractivity contribution in [3.8, 4) is 0 Å². The molecule has 128 valence electrons. The molecule has 1 saturated heterocycles. The number of amides is 1. The predicted molar refractivity (Wildman–Crippen MR) is 101 cm³/mol. The first kappa shape index (κ1) is 17.2. The van der Waals surface area contributed by atoms with Crippen LogP contribution in [-0.2, 0) is 12.0 Å². The van der Waals surface area contributed by atoms with Gasteiger partial charge in [0.2, 0.25) is 0 Å². The van der Waals surface area contributed by atoms with Gasteiger partial charge in [0.15, 0.2) is 0 Å². The quantitative estimate of drug-likeness (QED) is 0.841. The summed E-state index contributed by atoms with van der Waals surface area (Å²) >= 11 is 1.80. The van der Waals surface area contributed by atoms with Gasteiger partial charge in [-0.15, -0.1) is 11.3 Å². The lowest BCUT2D eigenvalue weighted by Crippen LogP contribution is -2.48. The highest BCUT2D eigenvalue weighted by atomic mass is 32.1. The number of thiophene rings is 1. The van der Waals surface area contributed by atoms with E-state index in [9.17, 15) is 4.79 Å². The third-order valence-corrected chi connectivity index (χ3v) is 5.48. The van der Waals surface area contributed by atoms with Crippen LogP contribution in [0.3, 0.4) is 0 Å². The summed E-state index contributed by atoms with van der Waals surface area (Å²) in [5.41, 5.74) is 2.18. The molecule has 2 aromatic rings. The predicted octanol–water partition coefficient (Wildman–Crippen LogP) is 4.00. The first-order valence-electron chi connectivity index (χ1n) is 8.58. The number of carbonyl (C=O) groups excluding carboxylic acids is 1. The molecule has 4 heteroatoms. The molecule has 1 aromatic heterocycles. The second-order valence-electron chi connectivity index (χ2n) is 7.48. The van der Waals surface area contributed by atoms with E-state index in [-0.39, 0.29) is 11.3 Å². The highest BCUT2D eigenvalue weighted by Crippen LogP contribution is 2.23. The second kappa shape index (κ2) is 7.08. The van der Waals surface area contributed by atoms with Crippen LogP contribution >= 0.6 is 11.3 Å². The molecule has 1 aliphatic rings. The minimum Gasteiger partial charge on any atom is -0.336 e. The fourth-order valence-electron chi connectivity index (χ4n) is 3.03. The molecule has 0 unspecified atom stereocenters. The molecule has 0 spiro atoms. The monoisotopic (exact) mass is 342 g/mol. The van der Waals surface area contributed by atoms with Crippen molar-refractivity contribution in [1.82, 2.24) is 9.80 Å². The van der Waals surface area contributed by atoms with Crippen molar-refractivity contribution in [2.75, 3.05) is 26.2 Å². The van der Waals surface area contributed by atoms with Gasteiger partial charge in [-0.1, -0.05) is 39.0 Å². The molecule has 1 fully saturated rings. The van der Waals surface area contributed by atoms with Crippen molar-refractivity contribution >= 4 is 17.2 Å². The number of benzene rings is 1. The van der Waals surface area contributed by atoms with Crippen molar-refractivity contribution in [1.29, 1.82) is 0 Å². The Kier molecular flexibility index (Phi) is 5.07. The maximum Gasteiger partial charge on any atom is 0.253 e. The Morgan fingerprint density at radius 3 is 2.25 bits per heavy atom. The first-order valence-corrected chi connectivity index (χ1v) is 9.46. The number of rotatable bonds is 3. The zero-order valence-electron chi connectivity index (χ0n) is 14.8. The minimum atomic E-state index is 0.120. The van der Waals surface area contributed by atoms with Gasteiger partial charge in [0.1, 0.15) is 0 Å². The van der Waals surface area contributed by atoms with Gasteiger partial charge in [0.05, 0.1) is 0 Å². The van der Waals surface area contributed by atoms with Gasteiger partial charge in [-0.05, 0) is 34.6 Å². The highest BCUT2D eigenvalue weighted by molar-refractivity contribution is 7.09. The van der Waals surface area contributed by atoms with Crippen LogP contribution in [-0.4, -0.2) is 41.9 Å². The van der Waals surface area contributed by atoms with Crippen LogP contribution in [0.2, 0.25) is 0 Å². The van der Waals surface area contributed by atoms with Crippen molar-refractivity contribution in [2.45, 2.75) is 32.7 Å². The van der Waals surface area contributed by atoms with E-state index in [1.807, 2.05) is 17.0 Å². The average molecular weight is 343 g/mol. The Morgan fingerprint density at radius 2 is 1.71 bits per heavy atom. The molecule has 24 heavy (non-hydrogen) atoms. The van der Waals surface area contributed by atoms with E-state index in [1.54, 1.807) is 11.3 Å². The fourth-order valence-corrected chi connectivity index (χ4v) is 3.77. The molecule has 0 saturated carbocycles. The summed E-state index contributed by atoms with van der Waals surface area (Å²) in [5.74, 6) is 0.159. The van der Waals surface area contributed by atoms with Crippen LogP contribution in [0.4, 0.5) is 0 Å². The summed E-state index contributed by atoms with van der Waals surface area (Å²) in [7, 11) is 0. The SMILES string of the molecule is CC(C)(C)c1ccc(C(=O)N2CCN(Cc3cccs3)CC2)cc1. The molecular formula is C20H26N2OS. The molecular weight excluding hydrogens is 316 g/mol. The molecule has 1 amide bonds. The van der Waals surface area contributed by atoms with E-state index < -0.39 is 0 Å². The molecule has 1 aromatic carbocycles. The molecule has 3 nitrogen and oxygen atoms in total. The van der Waals surface area contributed by atoms with Crippen LogP contribution in [0.1, 0.15) is 41.6 Å². The van der Waals surface area contributed by atoms with Crippen LogP contribution < -0.4 is 0 Å². The third-order valence-electron chi connectivity index (χ3n) is 4.62. The molecule has 0 N–H and O–H groups in total. The molecule has 0 aliphatic carbocycles. The molecule has 0 atom stereocenters. The van der Waals surface area contributed by atoms with Gasteiger partial charge in [-0.3, -0.25) is 9.69 Å². The summed E-state index contributed by atoms with van der Waals surface area (Å²) in [6.45, 7) is 11.1. The van der Waals surface area contributed by atoms with Gasteiger partial charge in [-0.2, -0.15) is 0 Å². The number of hydrogen-bond acceptors (Lipinski definition) is 3. The van der Waals surface area contributed by atoms with Gasteiger partial charge in [0, 0.05) is 43.2 Å². The van der Waals surface area contributed by atoms with Gasteiger partial charge in [0.25, 0.3) is 5.91 Å². The Labute approximate surface area is 148 Å². The number of piperazine rings is 1. The van der Waals surface area contributed by atoms with Gasteiger partial charge >= 0.3 is 0 Å². The van der Waals surface area contributed by atoms with Crippen molar-refractivity contribution in [3.63, 3.8) is 0 Å². The van der Waals surface area contributed by atoms with Crippen LogP contribution in [0.5, 0.6) is 0 Å². The van der Waals surface area contributed by atoms with Gasteiger partial charge < -0.3 is 4.90 Å². The lowest BCUT2D eigenvalue weighted by Gasteiger charge is -2.34. The maximum absolute atomic E-state index is 12.7. The zero-order chi connectivity index (χ0) is 17.2. The van der Waals surface area contributed by atoms with E-state index in [2.05, 4.69) is 55.3 Å². The fraction of sp³-hybridized carbons (Fsp3) is 0.450. The summed E-state index contributed by atoms with van der Waals surface area (Å²) in [4.78, 5) is 18.5. The van der Waals surface area contributed by atoms with E-state index in [0.29, 0.717) is 0 Å². The summed E-state index contributed by atoms with van der Waals surface area (Å²) < 4.78 is 0. The molecule has 0 bridgehead atoms. The molecule has 1 aliphatic heterocycles. The smallest absolute Gasteiger partial charge is 0.253 e. The molecule has 3 rings (SSSR count). The Balaban J connectivity index is 1.57. The van der Waals surface area contributed by atoms with Crippen LogP contribution in [0.15, 0.2) is 41.8 Å². The standard InChI is InChI=1S/C20H26N2OS/c1-20(2,3)17-8-6-16(7-9-17)19(23)22-12-10-21(11-13-22)15-18-5-4-14-24-18/h4-9,14H,10-13,15H2,1-3H3. The normalized spacial score (nSPS) is 16.4. The summed E-state index contributed by atoms with van der Waals surface area (Å²) in [6, 6.07) is 12.4. The summed E-state index contributed by atoms with van der Waals surface area (Å²) in [6.07, 6.45) is 0. The van der Waals surface area contributed by atoms with Crippen molar-refractivity contribution < 1.29 is 4.79 Å². The van der Waals surface area contributed by atoms with E-state index >= 15 is 0 Å². The minimum absolute atomic E-state index is 0.120. The maximum atomic E-state index is 12.7. The van der Waals surface area contributed by atoms with Gasteiger partial charge in [-0.25, -0.2) is 0 Å². The van der Waals surface area contributed by atoms with Crippen molar-refractivity contribution in [3.05, 3.63) is 57.8 Å². The molecule has 0 radical (unpaired) electrons. The lowest BCUT2D eigenvalue weighted by atomic mass is 9.86. The molecule has 2 heterocycles. The summed E-state index contributed by atoms with van der Waals surface area (Å²) in [5, 5.41) is 2.12. The van der Waals surface area contributed by atoms with Crippen molar-refractivity contribution in [2.24, 2.45) is 0 Å². The largest absolute Gasteiger partial charge is 0.336 e. The van der Waals surface area contributed by atoms with E-state index in [0.717, 1.165) is 38.3 Å². The average Bonchev–Trinajstić information content (AvgIpc) is 3.07. The number of hydrogen-bond donors (Lipinski definition) is 0. The third kappa shape index (κ3) is 4.05. The Hall–Kier alpha value is -1.65. The Morgan fingerprint density at radius 1 is 1.04 bits per heavy atom. The first-order chi connectivity index (χ1) is 11.4. The topological polar surface area (TPSA) is 23.6 Å². The van der Waals surface area contributed by atoms with Crippen LogP contribution in [0, 0.1) is 0 Å². The second-order valence-corrected chi connectivity index (χ2v) is 8.51. The number of nitrogens with zero attached hydrogens (tertiary/aromatic N) is 2. The zero-order valence-corrected chi connectivity index (χ0v) is 15.6. The van der Waals surface area contributed by atoms with Crippen LogP contribution in [0.25, 0.3) is 0 Å². The van der Waals surface area contributed by atoms with E-state index in [4.69, 9.17) is 0 Å². The highest BCUT2D eigenvalue weighted by Gasteiger charge is 2.23. The lowest BCUT2D eigenvalue weighted by molar-refractivity contribution is 0.0629. The van der Waals surface area contributed by atoms with E-state index in [1.165, 1.54) is 10.4 Å².